The van der Waals surface area contributed by atoms with E-state index in [-0.39, 0.29) is 0 Å². The van der Waals surface area contributed by atoms with Crippen LogP contribution in [0.2, 0.25) is 0 Å². The number of benzene rings is 9. The summed E-state index contributed by atoms with van der Waals surface area (Å²) in [4.78, 5) is 10.8. The third-order valence-corrected chi connectivity index (χ3v) is 11.9. The van der Waals surface area contributed by atoms with Gasteiger partial charge in [-0.3, -0.25) is 0 Å². The van der Waals surface area contributed by atoms with Gasteiger partial charge in [0.25, 0.3) is 0 Å². The van der Waals surface area contributed by atoms with Gasteiger partial charge in [0.05, 0.1) is 11.4 Å². The summed E-state index contributed by atoms with van der Waals surface area (Å²) >= 11 is 0. The highest BCUT2D eigenvalue weighted by Gasteiger charge is 2.17. The minimum Gasteiger partial charge on any atom is -0.456 e. The van der Waals surface area contributed by atoms with E-state index in [0.717, 1.165) is 116 Å². The van der Waals surface area contributed by atoms with Crippen molar-refractivity contribution in [3.8, 4) is 78.4 Å². The van der Waals surface area contributed by atoms with Gasteiger partial charge < -0.3 is 8.83 Å². The lowest BCUT2D eigenvalue weighted by atomic mass is 9.93. The standard InChI is InChI=1S/C58H36N2O2/c1-4-14-37(15-5-1)42-28-44(40-24-26-56-50(34-40)48-20-10-12-22-54(48)61-56)31-46(30-42)53-36-52(39-18-8-3-9-19-39)59-58(60-53)47-32-43(38-16-6-2-7-17-38)29-45(33-47)41-25-27-57-51(35-41)49-21-11-13-23-55(49)62-57/h1-36H. The van der Waals surface area contributed by atoms with Crippen LogP contribution in [0.25, 0.3) is 122 Å². The Labute approximate surface area is 358 Å². The van der Waals surface area contributed by atoms with E-state index in [0.29, 0.717) is 5.82 Å². The molecule has 0 aliphatic rings. The Hall–Kier alpha value is -8.34. The van der Waals surface area contributed by atoms with E-state index in [9.17, 15) is 0 Å². The lowest BCUT2D eigenvalue weighted by molar-refractivity contribution is 0.668. The molecular weight excluding hydrogens is 757 g/mol. The second-order valence-electron chi connectivity index (χ2n) is 15.8. The Morgan fingerprint density at radius 2 is 0.597 bits per heavy atom. The van der Waals surface area contributed by atoms with Gasteiger partial charge in [0.15, 0.2) is 5.82 Å². The summed E-state index contributed by atoms with van der Waals surface area (Å²) in [5, 5.41) is 4.38. The average molecular weight is 793 g/mol. The second kappa shape index (κ2) is 14.7. The molecule has 4 nitrogen and oxygen atoms in total. The Bertz CT molecular complexity index is 3410. The summed E-state index contributed by atoms with van der Waals surface area (Å²) < 4.78 is 12.4. The summed E-state index contributed by atoms with van der Waals surface area (Å²) in [7, 11) is 0. The number of fused-ring (bicyclic) bond motifs is 6. The van der Waals surface area contributed by atoms with Crippen LogP contribution < -0.4 is 0 Å². The molecule has 9 aromatic carbocycles. The highest BCUT2D eigenvalue weighted by molar-refractivity contribution is 6.07. The summed E-state index contributed by atoms with van der Waals surface area (Å²) in [5.74, 6) is 0.646. The highest BCUT2D eigenvalue weighted by Crippen LogP contribution is 2.40. The predicted molar refractivity (Wildman–Crippen MR) is 255 cm³/mol. The maximum Gasteiger partial charge on any atom is 0.160 e. The first-order valence-corrected chi connectivity index (χ1v) is 20.9. The van der Waals surface area contributed by atoms with Crippen molar-refractivity contribution in [3.63, 3.8) is 0 Å². The Balaban J connectivity index is 1.07. The SMILES string of the molecule is c1ccc(-c2cc(-c3ccc4oc5ccccc5c4c3)cc(-c3cc(-c4ccccc4)nc(-c4cc(-c5ccccc5)cc(-c5ccc6oc7ccccc7c6c5)c4)n3)c2)cc1. The zero-order valence-electron chi connectivity index (χ0n) is 33.5. The van der Waals surface area contributed by atoms with Crippen molar-refractivity contribution < 1.29 is 8.83 Å². The van der Waals surface area contributed by atoms with Crippen LogP contribution in [0.3, 0.4) is 0 Å². The number of rotatable bonds is 7. The van der Waals surface area contributed by atoms with Crippen molar-refractivity contribution in [1.82, 2.24) is 9.97 Å². The van der Waals surface area contributed by atoms with Crippen molar-refractivity contribution >= 4 is 43.9 Å². The zero-order valence-corrected chi connectivity index (χ0v) is 33.5. The highest BCUT2D eigenvalue weighted by atomic mass is 16.3. The van der Waals surface area contributed by atoms with Crippen LogP contribution >= 0.6 is 0 Å². The van der Waals surface area contributed by atoms with E-state index >= 15 is 0 Å². The number of aromatic nitrogens is 2. The fraction of sp³-hybridized carbons (Fsp3) is 0. The van der Waals surface area contributed by atoms with Crippen LogP contribution in [0.1, 0.15) is 0 Å². The largest absolute Gasteiger partial charge is 0.456 e. The smallest absolute Gasteiger partial charge is 0.160 e. The summed E-state index contributed by atoms with van der Waals surface area (Å²) in [6.07, 6.45) is 0. The first kappa shape index (κ1) is 35.6. The van der Waals surface area contributed by atoms with Crippen molar-refractivity contribution in [3.05, 3.63) is 218 Å². The molecule has 0 saturated carbocycles. The molecule has 62 heavy (non-hydrogen) atoms. The topological polar surface area (TPSA) is 52.1 Å². The van der Waals surface area contributed by atoms with Gasteiger partial charge in [-0.2, -0.15) is 0 Å². The monoisotopic (exact) mass is 792 g/mol. The molecule has 0 radical (unpaired) electrons. The van der Waals surface area contributed by atoms with Gasteiger partial charge >= 0.3 is 0 Å². The molecular formula is C58H36N2O2. The van der Waals surface area contributed by atoms with Crippen molar-refractivity contribution in [2.45, 2.75) is 0 Å². The first-order chi connectivity index (χ1) is 30.7. The van der Waals surface area contributed by atoms with Crippen molar-refractivity contribution in [1.29, 1.82) is 0 Å². The predicted octanol–water partition coefficient (Wildman–Crippen LogP) is 15.9. The van der Waals surface area contributed by atoms with Crippen LogP contribution in [-0.2, 0) is 0 Å². The molecule has 0 amide bonds. The molecule has 290 valence electrons. The lowest BCUT2D eigenvalue weighted by Gasteiger charge is -2.15. The molecule has 4 heteroatoms. The summed E-state index contributed by atoms with van der Waals surface area (Å²) in [6, 6.07) is 76.5. The van der Waals surface area contributed by atoms with Gasteiger partial charge in [0, 0.05) is 38.2 Å². The summed E-state index contributed by atoms with van der Waals surface area (Å²) in [6.45, 7) is 0. The van der Waals surface area contributed by atoms with Crippen molar-refractivity contribution in [2.75, 3.05) is 0 Å². The molecule has 0 aliphatic heterocycles. The van der Waals surface area contributed by atoms with E-state index in [1.807, 2.05) is 30.3 Å². The minimum atomic E-state index is 0.646. The molecule has 0 unspecified atom stereocenters. The Morgan fingerprint density at radius 1 is 0.226 bits per heavy atom. The molecule has 0 aliphatic carbocycles. The van der Waals surface area contributed by atoms with E-state index in [1.165, 1.54) is 0 Å². The van der Waals surface area contributed by atoms with Gasteiger partial charge in [-0.05, 0) is 123 Å². The second-order valence-corrected chi connectivity index (χ2v) is 15.8. The minimum absolute atomic E-state index is 0.646. The molecule has 3 aromatic heterocycles. The van der Waals surface area contributed by atoms with Crippen LogP contribution in [0, 0.1) is 0 Å². The number of hydrogen-bond acceptors (Lipinski definition) is 4. The van der Waals surface area contributed by atoms with Crippen LogP contribution in [-0.4, -0.2) is 9.97 Å². The third-order valence-electron chi connectivity index (χ3n) is 11.9. The van der Waals surface area contributed by atoms with Crippen LogP contribution in [0.4, 0.5) is 0 Å². The van der Waals surface area contributed by atoms with Crippen LogP contribution in [0.5, 0.6) is 0 Å². The zero-order chi connectivity index (χ0) is 41.0. The molecule has 3 heterocycles. The molecule has 0 spiro atoms. The van der Waals surface area contributed by atoms with Crippen LogP contribution in [0.15, 0.2) is 227 Å². The normalized spacial score (nSPS) is 11.5. The molecule has 0 fully saturated rings. The van der Waals surface area contributed by atoms with E-state index in [2.05, 4.69) is 188 Å². The molecule has 0 bridgehead atoms. The number of nitrogens with zero attached hydrogens (tertiary/aromatic N) is 2. The van der Waals surface area contributed by atoms with E-state index < -0.39 is 0 Å². The number of furan rings is 2. The maximum atomic E-state index is 6.22. The number of hydrogen-bond donors (Lipinski definition) is 0. The molecule has 0 atom stereocenters. The summed E-state index contributed by atoms with van der Waals surface area (Å²) in [5.41, 5.74) is 16.9. The Morgan fingerprint density at radius 3 is 1.10 bits per heavy atom. The van der Waals surface area contributed by atoms with Crippen molar-refractivity contribution in [2.24, 2.45) is 0 Å². The first-order valence-electron chi connectivity index (χ1n) is 20.9. The average Bonchev–Trinajstić information content (AvgIpc) is 3.92. The number of para-hydroxylation sites is 2. The quantitative estimate of drug-likeness (QED) is 0.161. The van der Waals surface area contributed by atoms with Gasteiger partial charge in [-0.1, -0.05) is 140 Å². The fourth-order valence-corrected chi connectivity index (χ4v) is 8.75. The van der Waals surface area contributed by atoms with Gasteiger partial charge in [-0.25, -0.2) is 9.97 Å². The molecule has 0 N–H and O–H groups in total. The van der Waals surface area contributed by atoms with E-state index in [4.69, 9.17) is 18.8 Å². The van der Waals surface area contributed by atoms with E-state index in [1.54, 1.807) is 0 Å². The van der Waals surface area contributed by atoms with Gasteiger partial charge in [0.1, 0.15) is 22.3 Å². The lowest BCUT2D eigenvalue weighted by Crippen LogP contribution is -1.97. The molecule has 12 aromatic rings. The Kier molecular flexibility index (Phi) is 8.46. The van der Waals surface area contributed by atoms with Gasteiger partial charge in [-0.15, -0.1) is 0 Å². The fourth-order valence-electron chi connectivity index (χ4n) is 8.75. The molecule has 12 rings (SSSR count). The maximum absolute atomic E-state index is 6.22. The molecule has 0 saturated heterocycles. The van der Waals surface area contributed by atoms with Gasteiger partial charge in [0.2, 0.25) is 0 Å². The third kappa shape index (κ3) is 6.42.